The molecule has 0 aliphatic heterocycles. The van der Waals surface area contributed by atoms with Gasteiger partial charge in [-0.15, -0.1) is 11.8 Å². The molecule has 1 amide bonds. The number of hydrogen-bond acceptors (Lipinski definition) is 4. The summed E-state index contributed by atoms with van der Waals surface area (Å²) in [5, 5.41) is 2.99. The molecule has 138 valence electrons. The first-order valence-electron chi connectivity index (χ1n) is 7.99. The SMILES string of the molecule is CC(C)NC(=O)CSc1ccccc1C(=O)OCc1c(F)cccc1Cl. The Morgan fingerprint density at radius 3 is 2.62 bits per heavy atom. The zero-order valence-electron chi connectivity index (χ0n) is 14.4. The highest BCUT2D eigenvalue weighted by molar-refractivity contribution is 8.00. The number of carbonyl (C=O) groups is 2. The van der Waals surface area contributed by atoms with E-state index in [1.807, 2.05) is 13.8 Å². The molecule has 2 rings (SSSR count). The molecule has 26 heavy (non-hydrogen) atoms. The van der Waals surface area contributed by atoms with Crippen LogP contribution in [0.2, 0.25) is 5.02 Å². The number of ether oxygens (including phenoxy) is 1. The van der Waals surface area contributed by atoms with Crippen molar-refractivity contribution in [2.24, 2.45) is 0 Å². The zero-order valence-corrected chi connectivity index (χ0v) is 16.0. The lowest BCUT2D eigenvalue weighted by Crippen LogP contribution is -2.31. The first kappa shape index (κ1) is 20.3. The van der Waals surface area contributed by atoms with Gasteiger partial charge in [0.2, 0.25) is 5.91 Å². The quantitative estimate of drug-likeness (QED) is 0.555. The van der Waals surface area contributed by atoms with E-state index in [1.54, 1.807) is 24.3 Å². The van der Waals surface area contributed by atoms with Gasteiger partial charge in [0.1, 0.15) is 12.4 Å². The number of hydrogen-bond donors (Lipinski definition) is 1. The average Bonchev–Trinajstić information content (AvgIpc) is 2.59. The van der Waals surface area contributed by atoms with E-state index in [4.69, 9.17) is 16.3 Å². The third-order valence-corrected chi connectivity index (χ3v) is 4.75. The standard InChI is InChI=1S/C19H19ClFNO3S/c1-12(2)22-18(23)11-26-17-9-4-3-6-13(17)19(24)25-10-14-15(20)7-5-8-16(14)21/h3-9,12H,10-11H2,1-2H3,(H,22,23). The van der Waals surface area contributed by atoms with Gasteiger partial charge in [-0.05, 0) is 38.1 Å². The fourth-order valence-electron chi connectivity index (χ4n) is 2.15. The summed E-state index contributed by atoms with van der Waals surface area (Å²) >= 11 is 7.18. The van der Waals surface area contributed by atoms with Gasteiger partial charge < -0.3 is 10.1 Å². The van der Waals surface area contributed by atoms with Crippen molar-refractivity contribution < 1.29 is 18.7 Å². The van der Waals surface area contributed by atoms with Crippen LogP contribution < -0.4 is 5.32 Å². The van der Waals surface area contributed by atoms with E-state index in [0.717, 1.165) is 0 Å². The summed E-state index contributed by atoms with van der Waals surface area (Å²) in [6.07, 6.45) is 0. The van der Waals surface area contributed by atoms with Crippen molar-refractivity contribution in [3.8, 4) is 0 Å². The van der Waals surface area contributed by atoms with Gasteiger partial charge >= 0.3 is 5.97 Å². The predicted octanol–water partition coefficient (Wildman–Crippen LogP) is 4.45. The lowest BCUT2D eigenvalue weighted by atomic mass is 10.2. The van der Waals surface area contributed by atoms with Crippen LogP contribution in [-0.4, -0.2) is 23.7 Å². The minimum Gasteiger partial charge on any atom is -0.457 e. The van der Waals surface area contributed by atoms with Crippen LogP contribution in [-0.2, 0) is 16.1 Å². The second kappa shape index (κ2) is 9.59. The third-order valence-electron chi connectivity index (χ3n) is 3.32. The molecule has 0 aliphatic carbocycles. The molecule has 2 aromatic rings. The van der Waals surface area contributed by atoms with Crippen molar-refractivity contribution >= 4 is 35.2 Å². The van der Waals surface area contributed by atoms with Gasteiger partial charge in [-0.1, -0.05) is 29.8 Å². The fraction of sp³-hybridized carbons (Fsp3) is 0.263. The van der Waals surface area contributed by atoms with E-state index >= 15 is 0 Å². The largest absolute Gasteiger partial charge is 0.457 e. The lowest BCUT2D eigenvalue weighted by Gasteiger charge is -2.11. The van der Waals surface area contributed by atoms with Gasteiger partial charge in [-0.25, -0.2) is 9.18 Å². The molecule has 0 saturated carbocycles. The highest BCUT2D eigenvalue weighted by atomic mass is 35.5. The highest BCUT2D eigenvalue weighted by Crippen LogP contribution is 2.25. The molecule has 0 aliphatic rings. The second-order valence-electron chi connectivity index (χ2n) is 5.78. The van der Waals surface area contributed by atoms with Gasteiger partial charge in [-0.3, -0.25) is 4.79 Å². The summed E-state index contributed by atoms with van der Waals surface area (Å²) in [6.45, 7) is 3.49. The van der Waals surface area contributed by atoms with Crippen LogP contribution in [0.3, 0.4) is 0 Å². The summed E-state index contributed by atoms with van der Waals surface area (Å²) in [5.74, 6) is -1.07. The van der Waals surface area contributed by atoms with E-state index < -0.39 is 11.8 Å². The number of rotatable bonds is 7. The van der Waals surface area contributed by atoms with Crippen LogP contribution in [0.15, 0.2) is 47.4 Å². The molecule has 0 heterocycles. The van der Waals surface area contributed by atoms with Crippen LogP contribution in [0.5, 0.6) is 0 Å². The summed E-state index contributed by atoms with van der Waals surface area (Å²) in [5.41, 5.74) is 0.450. The van der Waals surface area contributed by atoms with Crippen LogP contribution in [0.1, 0.15) is 29.8 Å². The normalized spacial score (nSPS) is 10.7. The molecule has 0 atom stereocenters. The molecule has 0 aromatic heterocycles. The fourth-order valence-corrected chi connectivity index (χ4v) is 3.22. The maximum atomic E-state index is 13.8. The summed E-state index contributed by atoms with van der Waals surface area (Å²) in [7, 11) is 0. The monoisotopic (exact) mass is 395 g/mol. The van der Waals surface area contributed by atoms with Crippen molar-refractivity contribution in [2.75, 3.05) is 5.75 Å². The molecule has 2 aromatic carbocycles. The van der Waals surface area contributed by atoms with Gasteiger partial charge in [-0.2, -0.15) is 0 Å². The molecule has 0 fully saturated rings. The molecule has 0 spiro atoms. The topological polar surface area (TPSA) is 55.4 Å². The predicted molar refractivity (Wildman–Crippen MR) is 101 cm³/mol. The number of halogens is 2. The number of amides is 1. The third kappa shape index (κ3) is 5.75. The van der Waals surface area contributed by atoms with Crippen molar-refractivity contribution in [1.82, 2.24) is 5.32 Å². The lowest BCUT2D eigenvalue weighted by molar-refractivity contribution is -0.119. The smallest absolute Gasteiger partial charge is 0.339 e. The van der Waals surface area contributed by atoms with Crippen LogP contribution in [0.25, 0.3) is 0 Å². The Labute approximate surface area is 161 Å². The maximum absolute atomic E-state index is 13.8. The summed E-state index contributed by atoms with van der Waals surface area (Å²) < 4.78 is 19.0. The molecule has 0 unspecified atom stereocenters. The molecule has 0 saturated heterocycles. The Kier molecular flexibility index (Phi) is 7.48. The molecule has 4 nitrogen and oxygen atoms in total. The number of esters is 1. The Bertz CT molecular complexity index is 778. The summed E-state index contributed by atoms with van der Waals surface area (Å²) in [6, 6.07) is 11.1. The number of nitrogens with one attached hydrogen (secondary N) is 1. The maximum Gasteiger partial charge on any atom is 0.339 e. The molecular formula is C19H19ClFNO3S. The van der Waals surface area contributed by atoms with Crippen LogP contribution >= 0.6 is 23.4 Å². The van der Waals surface area contributed by atoms with Crippen molar-refractivity contribution in [3.63, 3.8) is 0 Å². The zero-order chi connectivity index (χ0) is 19.1. The highest BCUT2D eigenvalue weighted by Gasteiger charge is 2.16. The minimum atomic E-state index is -0.600. The molecule has 1 N–H and O–H groups in total. The molecular weight excluding hydrogens is 377 g/mol. The molecule has 0 bridgehead atoms. The van der Waals surface area contributed by atoms with E-state index in [1.165, 1.54) is 30.0 Å². The second-order valence-corrected chi connectivity index (χ2v) is 7.21. The van der Waals surface area contributed by atoms with E-state index in [9.17, 15) is 14.0 Å². The molecule has 7 heteroatoms. The van der Waals surface area contributed by atoms with Crippen LogP contribution in [0, 0.1) is 5.82 Å². The Morgan fingerprint density at radius 2 is 1.92 bits per heavy atom. The molecule has 0 radical (unpaired) electrons. The van der Waals surface area contributed by atoms with Gasteiger partial charge in [0.15, 0.2) is 0 Å². The van der Waals surface area contributed by atoms with Gasteiger partial charge in [0.25, 0.3) is 0 Å². The first-order chi connectivity index (χ1) is 12.4. The van der Waals surface area contributed by atoms with Crippen molar-refractivity contribution in [3.05, 3.63) is 64.4 Å². The summed E-state index contributed by atoms with van der Waals surface area (Å²) in [4.78, 5) is 24.8. The number of benzene rings is 2. The van der Waals surface area contributed by atoms with Crippen LogP contribution in [0.4, 0.5) is 4.39 Å². The van der Waals surface area contributed by atoms with Crippen molar-refractivity contribution in [1.29, 1.82) is 0 Å². The number of thioether (sulfide) groups is 1. The van der Waals surface area contributed by atoms with E-state index in [0.29, 0.717) is 10.5 Å². The Morgan fingerprint density at radius 1 is 1.19 bits per heavy atom. The van der Waals surface area contributed by atoms with Gasteiger partial charge in [0.05, 0.1) is 16.3 Å². The van der Waals surface area contributed by atoms with Gasteiger partial charge in [0, 0.05) is 16.5 Å². The van der Waals surface area contributed by atoms with E-state index in [-0.39, 0.29) is 34.9 Å². The van der Waals surface area contributed by atoms with E-state index in [2.05, 4.69) is 5.32 Å². The van der Waals surface area contributed by atoms with Crippen molar-refractivity contribution in [2.45, 2.75) is 31.4 Å². The number of carbonyl (C=O) groups excluding carboxylic acids is 2. The minimum absolute atomic E-state index is 0.0498. The first-order valence-corrected chi connectivity index (χ1v) is 9.36. The average molecular weight is 396 g/mol. The Balaban J connectivity index is 2.04. The Hall–Kier alpha value is -2.05.